The highest BCUT2D eigenvalue weighted by atomic mass is 35.5. The molecule has 1 rings (SSSR count). The summed E-state index contributed by atoms with van der Waals surface area (Å²) in [5, 5.41) is 11.4. The lowest BCUT2D eigenvalue weighted by Gasteiger charge is -2.06. The molecule has 5 nitrogen and oxygen atoms in total. The number of rotatable bonds is 3. The average molecular weight is 248 g/mol. The Morgan fingerprint density at radius 1 is 1.47 bits per heavy atom. The standard InChI is InChI=1S/C8H10ClN3O2S/c1-4(2)15-7-6(12(13)14)5(3)10-8(9)11-7/h4H,1-3H3. The van der Waals surface area contributed by atoms with Crippen molar-refractivity contribution in [3.63, 3.8) is 0 Å². The number of nitro groups is 1. The van der Waals surface area contributed by atoms with Gasteiger partial charge in [-0.1, -0.05) is 25.6 Å². The van der Waals surface area contributed by atoms with Crippen LogP contribution in [0.1, 0.15) is 19.5 Å². The smallest absolute Gasteiger partial charge is 0.258 e. The number of nitrogens with zero attached hydrogens (tertiary/aromatic N) is 3. The second kappa shape index (κ2) is 4.76. The molecular formula is C8H10ClN3O2S. The van der Waals surface area contributed by atoms with Gasteiger partial charge in [0.25, 0.3) is 0 Å². The zero-order valence-electron chi connectivity index (χ0n) is 8.52. The molecule has 0 unspecified atom stereocenters. The first kappa shape index (κ1) is 12.2. The van der Waals surface area contributed by atoms with Crippen LogP contribution in [0.25, 0.3) is 0 Å². The van der Waals surface area contributed by atoms with Crippen LogP contribution in [0.4, 0.5) is 5.69 Å². The summed E-state index contributed by atoms with van der Waals surface area (Å²) in [4.78, 5) is 18.0. The van der Waals surface area contributed by atoms with Crippen molar-refractivity contribution in [1.29, 1.82) is 0 Å². The lowest BCUT2D eigenvalue weighted by molar-refractivity contribution is -0.389. The predicted molar refractivity (Wildman–Crippen MR) is 59.4 cm³/mol. The summed E-state index contributed by atoms with van der Waals surface area (Å²) in [7, 11) is 0. The van der Waals surface area contributed by atoms with Crippen LogP contribution < -0.4 is 0 Å². The van der Waals surface area contributed by atoms with Crippen molar-refractivity contribution in [3.8, 4) is 0 Å². The molecule has 0 spiro atoms. The van der Waals surface area contributed by atoms with Crippen LogP contribution >= 0.6 is 23.4 Å². The van der Waals surface area contributed by atoms with Gasteiger partial charge in [-0.25, -0.2) is 9.97 Å². The molecule has 0 N–H and O–H groups in total. The predicted octanol–water partition coefficient (Wildman–Crippen LogP) is 2.85. The first-order valence-corrected chi connectivity index (χ1v) is 5.52. The molecule has 0 aliphatic rings. The van der Waals surface area contributed by atoms with Gasteiger partial charge in [0.15, 0.2) is 5.03 Å². The Bertz CT molecular complexity index is 398. The minimum atomic E-state index is -0.476. The third kappa shape index (κ3) is 3.04. The molecule has 0 radical (unpaired) electrons. The van der Waals surface area contributed by atoms with Crippen molar-refractivity contribution >= 4 is 29.1 Å². The van der Waals surface area contributed by atoms with Crippen molar-refractivity contribution < 1.29 is 4.92 Å². The number of halogens is 1. The molecule has 7 heteroatoms. The molecule has 0 saturated heterocycles. The van der Waals surface area contributed by atoms with Crippen molar-refractivity contribution in [2.45, 2.75) is 31.0 Å². The van der Waals surface area contributed by atoms with Crippen LogP contribution in [0.5, 0.6) is 0 Å². The molecule has 0 amide bonds. The normalized spacial score (nSPS) is 10.7. The molecule has 15 heavy (non-hydrogen) atoms. The molecule has 0 atom stereocenters. The lowest BCUT2D eigenvalue weighted by Crippen LogP contribution is -2.02. The number of hydrogen-bond acceptors (Lipinski definition) is 5. The fourth-order valence-electron chi connectivity index (χ4n) is 1.02. The number of aryl methyl sites for hydroxylation is 1. The maximum absolute atomic E-state index is 10.8. The van der Waals surface area contributed by atoms with E-state index in [1.54, 1.807) is 6.92 Å². The van der Waals surface area contributed by atoms with Gasteiger partial charge in [0.2, 0.25) is 5.28 Å². The highest BCUT2D eigenvalue weighted by Crippen LogP contribution is 2.32. The summed E-state index contributed by atoms with van der Waals surface area (Å²) >= 11 is 6.96. The van der Waals surface area contributed by atoms with E-state index in [1.807, 2.05) is 13.8 Å². The Morgan fingerprint density at radius 3 is 2.53 bits per heavy atom. The number of thioether (sulfide) groups is 1. The molecule has 0 aliphatic heterocycles. The largest absolute Gasteiger partial charge is 0.322 e. The Labute approximate surface area is 96.4 Å². The van der Waals surface area contributed by atoms with E-state index in [2.05, 4.69) is 9.97 Å². The van der Waals surface area contributed by atoms with E-state index in [1.165, 1.54) is 11.8 Å². The van der Waals surface area contributed by atoms with Crippen LogP contribution in [0.15, 0.2) is 5.03 Å². The van der Waals surface area contributed by atoms with Gasteiger partial charge < -0.3 is 0 Å². The highest BCUT2D eigenvalue weighted by Gasteiger charge is 2.22. The molecule has 1 aromatic heterocycles. The van der Waals surface area contributed by atoms with Gasteiger partial charge >= 0.3 is 5.69 Å². The van der Waals surface area contributed by atoms with Crippen molar-refractivity contribution in [2.24, 2.45) is 0 Å². The minimum Gasteiger partial charge on any atom is -0.258 e. The third-order valence-electron chi connectivity index (χ3n) is 1.53. The van der Waals surface area contributed by atoms with Crippen LogP contribution in [0.2, 0.25) is 5.28 Å². The quantitative estimate of drug-likeness (QED) is 0.270. The van der Waals surface area contributed by atoms with Gasteiger partial charge in [-0.2, -0.15) is 0 Å². The fraction of sp³-hybridized carbons (Fsp3) is 0.500. The summed E-state index contributed by atoms with van der Waals surface area (Å²) < 4.78 is 0. The zero-order chi connectivity index (χ0) is 11.6. The maximum atomic E-state index is 10.8. The molecule has 0 bridgehead atoms. The summed E-state index contributed by atoms with van der Waals surface area (Å²) in [5.74, 6) is 0. The summed E-state index contributed by atoms with van der Waals surface area (Å²) in [5.41, 5.74) is 0.237. The van der Waals surface area contributed by atoms with E-state index in [9.17, 15) is 10.1 Å². The molecule has 1 aromatic rings. The van der Waals surface area contributed by atoms with E-state index >= 15 is 0 Å². The average Bonchev–Trinajstić information content (AvgIpc) is 1.99. The molecule has 82 valence electrons. The van der Waals surface area contributed by atoms with Gasteiger partial charge in [0.1, 0.15) is 5.69 Å². The second-order valence-corrected chi connectivity index (χ2v) is 5.06. The Balaban J connectivity index is 3.27. The zero-order valence-corrected chi connectivity index (χ0v) is 10.1. The number of aromatic nitrogens is 2. The second-order valence-electron chi connectivity index (χ2n) is 3.16. The molecule has 0 aromatic carbocycles. The van der Waals surface area contributed by atoms with Gasteiger partial charge in [-0.15, -0.1) is 0 Å². The van der Waals surface area contributed by atoms with E-state index in [4.69, 9.17) is 11.6 Å². The summed E-state index contributed by atoms with van der Waals surface area (Å²) in [6, 6.07) is 0. The van der Waals surface area contributed by atoms with Gasteiger partial charge in [-0.05, 0) is 18.5 Å². The fourth-order valence-corrected chi connectivity index (χ4v) is 2.20. The minimum absolute atomic E-state index is 0.0428. The highest BCUT2D eigenvalue weighted by molar-refractivity contribution is 7.99. The van der Waals surface area contributed by atoms with Gasteiger partial charge in [0, 0.05) is 5.25 Å². The van der Waals surface area contributed by atoms with Gasteiger partial charge in [-0.3, -0.25) is 10.1 Å². The molecule has 0 fully saturated rings. The van der Waals surface area contributed by atoms with Crippen molar-refractivity contribution in [2.75, 3.05) is 0 Å². The van der Waals surface area contributed by atoms with E-state index in [0.29, 0.717) is 10.7 Å². The van der Waals surface area contributed by atoms with E-state index in [-0.39, 0.29) is 16.2 Å². The van der Waals surface area contributed by atoms with E-state index in [0.717, 1.165) is 0 Å². The Hall–Kier alpha value is -0.880. The SMILES string of the molecule is Cc1nc(Cl)nc(SC(C)C)c1[N+](=O)[O-]. The maximum Gasteiger partial charge on any atom is 0.322 e. The van der Waals surface area contributed by atoms with Crippen LogP contribution in [-0.4, -0.2) is 20.1 Å². The van der Waals surface area contributed by atoms with Crippen molar-refractivity contribution in [3.05, 3.63) is 21.1 Å². The molecule has 0 aliphatic carbocycles. The van der Waals surface area contributed by atoms with Crippen LogP contribution in [0.3, 0.4) is 0 Å². The number of hydrogen-bond donors (Lipinski definition) is 0. The summed E-state index contributed by atoms with van der Waals surface area (Å²) in [6.07, 6.45) is 0. The Morgan fingerprint density at radius 2 is 2.07 bits per heavy atom. The Kier molecular flexibility index (Phi) is 3.87. The van der Waals surface area contributed by atoms with Crippen LogP contribution in [-0.2, 0) is 0 Å². The van der Waals surface area contributed by atoms with Crippen molar-refractivity contribution in [1.82, 2.24) is 9.97 Å². The van der Waals surface area contributed by atoms with Crippen LogP contribution in [0, 0.1) is 17.0 Å². The lowest BCUT2D eigenvalue weighted by atomic mass is 10.4. The van der Waals surface area contributed by atoms with Gasteiger partial charge in [0.05, 0.1) is 4.92 Å². The monoisotopic (exact) mass is 247 g/mol. The molecular weight excluding hydrogens is 238 g/mol. The topological polar surface area (TPSA) is 68.9 Å². The molecule has 0 saturated carbocycles. The van der Waals surface area contributed by atoms with E-state index < -0.39 is 4.92 Å². The summed E-state index contributed by atoms with van der Waals surface area (Å²) in [6.45, 7) is 5.41. The third-order valence-corrected chi connectivity index (χ3v) is 2.68. The first-order valence-electron chi connectivity index (χ1n) is 4.27. The molecule has 1 heterocycles. The first-order chi connectivity index (χ1) is 6.91.